The summed E-state index contributed by atoms with van der Waals surface area (Å²) in [6.45, 7) is 3.23. The SMILES string of the molecule is O=C(NNC(=O)C(c1ccccc1)N1CCCCC1=O)c1csc(N2CCOCC2)n1. The van der Waals surface area contributed by atoms with Gasteiger partial charge in [0.15, 0.2) is 5.13 Å². The molecule has 1 atom stereocenters. The van der Waals surface area contributed by atoms with E-state index in [1.807, 2.05) is 30.3 Å². The number of thiazole rings is 1. The van der Waals surface area contributed by atoms with Crippen LogP contribution in [0.3, 0.4) is 0 Å². The number of anilines is 1. The van der Waals surface area contributed by atoms with Gasteiger partial charge in [0.25, 0.3) is 11.8 Å². The number of carbonyl (C=O) groups excluding carboxylic acids is 3. The molecule has 1 aromatic carbocycles. The van der Waals surface area contributed by atoms with Crippen LogP contribution in [0.1, 0.15) is 41.4 Å². The fraction of sp³-hybridized carbons (Fsp3) is 0.429. The predicted molar refractivity (Wildman–Crippen MR) is 116 cm³/mol. The third-order valence-electron chi connectivity index (χ3n) is 5.34. The van der Waals surface area contributed by atoms with Crippen LogP contribution < -0.4 is 15.8 Å². The molecule has 31 heavy (non-hydrogen) atoms. The van der Waals surface area contributed by atoms with E-state index < -0.39 is 17.9 Å². The Labute approximate surface area is 184 Å². The minimum Gasteiger partial charge on any atom is -0.378 e. The zero-order chi connectivity index (χ0) is 21.6. The maximum absolute atomic E-state index is 13.0. The molecule has 1 aromatic heterocycles. The Balaban J connectivity index is 1.42. The van der Waals surface area contributed by atoms with Crippen molar-refractivity contribution in [3.8, 4) is 0 Å². The number of likely N-dealkylation sites (tertiary alicyclic amines) is 1. The van der Waals surface area contributed by atoms with E-state index in [1.54, 1.807) is 10.3 Å². The summed E-state index contributed by atoms with van der Waals surface area (Å²) in [5.41, 5.74) is 5.86. The van der Waals surface area contributed by atoms with Crippen molar-refractivity contribution in [1.82, 2.24) is 20.7 Å². The smallest absolute Gasteiger partial charge is 0.289 e. The van der Waals surface area contributed by atoms with E-state index in [4.69, 9.17) is 4.74 Å². The van der Waals surface area contributed by atoms with E-state index in [-0.39, 0.29) is 11.6 Å². The number of amides is 3. The highest BCUT2D eigenvalue weighted by molar-refractivity contribution is 7.13. The summed E-state index contributed by atoms with van der Waals surface area (Å²) in [5, 5.41) is 2.41. The first kappa shape index (κ1) is 21.3. The fourth-order valence-corrected chi connectivity index (χ4v) is 4.59. The number of piperidine rings is 1. The second kappa shape index (κ2) is 9.88. The monoisotopic (exact) mass is 443 g/mol. The van der Waals surface area contributed by atoms with E-state index in [9.17, 15) is 14.4 Å². The van der Waals surface area contributed by atoms with Gasteiger partial charge in [-0.3, -0.25) is 25.2 Å². The van der Waals surface area contributed by atoms with Gasteiger partial charge in [0.1, 0.15) is 11.7 Å². The number of nitrogens with zero attached hydrogens (tertiary/aromatic N) is 3. The average molecular weight is 444 g/mol. The fourth-order valence-electron chi connectivity index (χ4n) is 3.73. The molecule has 0 aliphatic carbocycles. The Bertz CT molecular complexity index is 929. The molecule has 1 unspecified atom stereocenters. The highest BCUT2D eigenvalue weighted by atomic mass is 32.1. The number of benzene rings is 1. The lowest BCUT2D eigenvalue weighted by atomic mass is 10.0. The zero-order valence-corrected chi connectivity index (χ0v) is 17.9. The summed E-state index contributed by atoms with van der Waals surface area (Å²) >= 11 is 1.38. The number of hydrogen-bond donors (Lipinski definition) is 2. The highest BCUT2D eigenvalue weighted by Crippen LogP contribution is 2.26. The van der Waals surface area contributed by atoms with E-state index >= 15 is 0 Å². The van der Waals surface area contributed by atoms with Gasteiger partial charge in [0.05, 0.1) is 13.2 Å². The summed E-state index contributed by atoms with van der Waals surface area (Å²) in [6.07, 6.45) is 2.09. The Morgan fingerprint density at radius 3 is 2.58 bits per heavy atom. The van der Waals surface area contributed by atoms with E-state index in [0.717, 1.165) is 31.1 Å². The standard InChI is InChI=1S/C21H25N5O4S/c27-17-8-4-5-9-26(17)18(15-6-2-1-3-7-15)20(29)24-23-19(28)16-14-31-21(22-16)25-10-12-30-13-11-25/h1-3,6-7,14,18H,4-5,8-13H2,(H,23,28)(H,24,29). The molecule has 9 nitrogen and oxygen atoms in total. The van der Waals surface area contributed by atoms with Crippen molar-refractivity contribution < 1.29 is 19.1 Å². The molecule has 2 aliphatic rings. The Morgan fingerprint density at radius 1 is 1.06 bits per heavy atom. The molecule has 10 heteroatoms. The van der Waals surface area contributed by atoms with E-state index in [2.05, 4.69) is 20.7 Å². The molecular formula is C21H25N5O4S. The predicted octanol–water partition coefficient (Wildman–Crippen LogP) is 1.49. The van der Waals surface area contributed by atoms with Gasteiger partial charge in [-0.1, -0.05) is 30.3 Å². The van der Waals surface area contributed by atoms with Gasteiger partial charge in [-0.25, -0.2) is 4.98 Å². The van der Waals surface area contributed by atoms with Gasteiger partial charge in [-0.05, 0) is 18.4 Å². The first-order valence-corrected chi connectivity index (χ1v) is 11.2. The van der Waals surface area contributed by atoms with Crippen LogP contribution in [0.15, 0.2) is 35.7 Å². The molecule has 0 radical (unpaired) electrons. The lowest BCUT2D eigenvalue weighted by Gasteiger charge is -2.34. The first-order chi connectivity index (χ1) is 15.1. The average Bonchev–Trinajstić information content (AvgIpc) is 3.31. The van der Waals surface area contributed by atoms with Crippen molar-refractivity contribution in [2.24, 2.45) is 0 Å². The normalized spacial score (nSPS) is 17.9. The second-order valence-electron chi connectivity index (χ2n) is 7.42. The number of ether oxygens (including phenoxy) is 1. The summed E-state index contributed by atoms with van der Waals surface area (Å²) in [6, 6.07) is 8.32. The second-order valence-corrected chi connectivity index (χ2v) is 8.25. The summed E-state index contributed by atoms with van der Waals surface area (Å²) in [5.74, 6) is -1.02. The number of carbonyl (C=O) groups is 3. The van der Waals surface area contributed by atoms with Crippen LogP contribution in [0.2, 0.25) is 0 Å². The largest absolute Gasteiger partial charge is 0.378 e. The molecule has 164 valence electrons. The van der Waals surface area contributed by atoms with Gasteiger partial charge in [-0.2, -0.15) is 0 Å². The van der Waals surface area contributed by atoms with Gasteiger partial charge in [0, 0.05) is 31.4 Å². The Kier molecular flexibility index (Phi) is 6.78. The van der Waals surface area contributed by atoms with E-state index in [1.165, 1.54) is 11.3 Å². The van der Waals surface area contributed by atoms with Crippen molar-refractivity contribution in [3.63, 3.8) is 0 Å². The summed E-state index contributed by atoms with van der Waals surface area (Å²) in [4.78, 5) is 46.0. The number of hydrazine groups is 1. The quantitative estimate of drug-likeness (QED) is 0.679. The van der Waals surface area contributed by atoms with Crippen LogP contribution in [-0.4, -0.2) is 60.5 Å². The van der Waals surface area contributed by atoms with Crippen LogP contribution in [0.25, 0.3) is 0 Å². The van der Waals surface area contributed by atoms with Crippen molar-refractivity contribution in [1.29, 1.82) is 0 Å². The molecule has 2 aliphatic heterocycles. The van der Waals surface area contributed by atoms with Gasteiger partial charge >= 0.3 is 0 Å². The number of aromatic nitrogens is 1. The maximum atomic E-state index is 13.0. The lowest BCUT2D eigenvalue weighted by Crippen LogP contribution is -2.50. The molecule has 0 spiro atoms. The number of hydrogen-bond acceptors (Lipinski definition) is 7. The zero-order valence-electron chi connectivity index (χ0n) is 17.1. The molecule has 0 saturated carbocycles. The third kappa shape index (κ3) is 5.02. The van der Waals surface area contributed by atoms with Gasteiger partial charge in [0.2, 0.25) is 5.91 Å². The van der Waals surface area contributed by atoms with Crippen molar-refractivity contribution >= 4 is 34.2 Å². The van der Waals surface area contributed by atoms with Crippen molar-refractivity contribution in [2.75, 3.05) is 37.7 Å². The van der Waals surface area contributed by atoms with Crippen LogP contribution in [0.5, 0.6) is 0 Å². The van der Waals surface area contributed by atoms with Crippen molar-refractivity contribution in [3.05, 3.63) is 47.0 Å². The molecule has 2 saturated heterocycles. The molecule has 2 aromatic rings. The molecule has 3 amide bonds. The topological polar surface area (TPSA) is 104 Å². The van der Waals surface area contributed by atoms with Crippen LogP contribution >= 0.6 is 11.3 Å². The van der Waals surface area contributed by atoms with Crippen LogP contribution in [0.4, 0.5) is 5.13 Å². The minimum absolute atomic E-state index is 0.0590. The van der Waals surface area contributed by atoms with Crippen LogP contribution in [0, 0.1) is 0 Å². The first-order valence-electron chi connectivity index (χ1n) is 10.4. The summed E-state index contributed by atoms with van der Waals surface area (Å²) < 4.78 is 5.34. The van der Waals surface area contributed by atoms with E-state index in [0.29, 0.717) is 31.7 Å². The molecule has 0 bridgehead atoms. The number of rotatable bonds is 5. The highest BCUT2D eigenvalue weighted by Gasteiger charge is 2.33. The molecule has 4 rings (SSSR count). The van der Waals surface area contributed by atoms with Crippen LogP contribution in [-0.2, 0) is 14.3 Å². The minimum atomic E-state index is -0.798. The summed E-state index contributed by atoms with van der Waals surface area (Å²) in [7, 11) is 0. The lowest BCUT2D eigenvalue weighted by molar-refractivity contribution is -0.143. The number of nitrogens with one attached hydrogen (secondary N) is 2. The molecular weight excluding hydrogens is 418 g/mol. The maximum Gasteiger partial charge on any atom is 0.289 e. The van der Waals surface area contributed by atoms with Crippen molar-refractivity contribution in [2.45, 2.75) is 25.3 Å². The third-order valence-corrected chi connectivity index (χ3v) is 6.24. The van der Waals surface area contributed by atoms with Gasteiger partial charge < -0.3 is 14.5 Å². The Hall–Kier alpha value is -2.98. The van der Waals surface area contributed by atoms with Gasteiger partial charge in [-0.15, -0.1) is 11.3 Å². The Morgan fingerprint density at radius 2 is 1.84 bits per heavy atom. The molecule has 2 fully saturated rings. The molecule has 3 heterocycles. The number of morpholine rings is 1. The molecule has 2 N–H and O–H groups in total.